The topological polar surface area (TPSA) is 26.3 Å². The molecule has 9 heavy (non-hydrogen) atoms. The molecule has 1 radical (unpaired) electrons. The SMILES string of the molecule is C=C[CH]OC(=O)C1CC1. The lowest BCUT2D eigenvalue weighted by Gasteiger charge is -1.95. The molecule has 2 heteroatoms. The average Bonchev–Trinajstić information content (AvgIpc) is 2.63. The molecule has 0 bridgehead atoms. The maximum atomic E-state index is 10.7. The van der Waals surface area contributed by atoms with Crippen molar-refractivity contribution in [1.82, 2.24) is 0 Å². The van der Waals surface area contributed by atoms with Crippen molar-refractivity contribution < 1.29 is 9.53 Å². The van der Waals surface area contributed by atoms with Crippen LogP contribution in [0.2, 0.25) is 0 Å². The zero-order valence-corrected chi connectivity index (χ0v) is 5.17. The smallest absolute Gasteiger partial charge is 0.309 e. The van der Waals surface area contributed by atoms with Gasteiger partial charge < -0.3 is 4.74 Å². The molecule has 0 unspecified atom stereocenters. The Kier molecular flexibility index (Phi) is 1.88. The van der Waals surface area contributed by atoms with E-state index in [1.165, 1.54) is 12.7 Å². The summed E-state index contributed by atoms with van der Waals surface area (Å²) in [6.45, 7) is 4.70. The Morgan fingerprint density at radius 1 is 1.67 bits per heavy atom. The van der Waals surface area contributed by atoms with E-state index in [1.54, 1.807) is 0 Å². The maximum Gasteiger partial charge on any atom is 0.309 e. The summed E-state index contributed by atoms with van der Waals surface area (Å²) in [6.07, 6.45) is 3.44. The first kappa shape index (κ1) is 6.33. The number of hydrogen-bond donors (Lipinski definition) is 0. The van der Waals surface area contributed by atoms with Gasteiger partial charge in [-0.3, -0.25) is 4.79 Å². The summed E-state index contributed by atoms with van der Waals surface area (Å²) >= 11 is 0. The molecular formula is C7H9O2. The first-order valence-corrected chi connectivity index (χ1v) is 2.99. The van der Waals surface area contributed by atoms with Gasteiger partial charge in [0.15, 0.2) is 6.61 Å². The highest BCUT2D eigenvalue weighted by Crippen LogP contribution is 2.30. The van der Waals surface area contributed by atoms with Crippen molar-refractivity contribution in [1.29, 1.82) is 0 Å². The third-order valence-electron chi connectivity index (χ3n) is 1.19. The van der Waals surface area contributed by atoms with E-state index in [2.05, 4.69) is 11.3 Å². The Bertz CT molecular complexity index is 125. The van der Waals surface area contributed by atoms with Gasteiger partial charge in [-0.1, -0.05) is 6.58 Å². The standard InChI is InChI=1S/C7H9O2/c1-2-5-9-7(8)6-3-4-6/h2,5-6H,1,3-4H2. The van der Waals surface area contributed by atoms with Crippen LogP contribution in [-0.4, -0.2) is 5.97 Å². The van der Waals surface area contributed by atoms with Crippen molar-refractivity contribution in [2.24, 2.45) is 5.92 Å². The van der Waals surface area contributed by atoms with Crippen molar-refractivity contribution >= 4 is 5.97 Å². The van der Waals surface area contributed by atoms with Gasteiger partial charge >= 0.3 is 5.97 Å². The second kappa shape index (κ2) is 2.67. The van der Waals surface area contributed by atoms with Crippen molar-refractivity contribution in [3.8, 4) is 0 Å². The van der Waals surface area contributed by atoms with Crippen LogP contribution in [0, 0.1) is 12.5 Å². The number of esters is 1. The van der Waals surface area contributed by atoms with E-state index in [0.29, 0.717) is 0 Å². The Morgan fingerprint density at radius 3 is 2.78 bits per heavy atom. The predicted octanol–water partition coefficient (Wildman–Crippen LogP) is 1.29. The normalized spacial score (nSPS) is 16.9. The molecule has 0 aromatic heterocycles. The van der Waals surface area contributed by atoms with Crippen LogP contribution in [-0.2, 0) is 9.53 Å². The number of carbonyl (C=O) groups is 1. The van der Waals surface area contributed by atoms with E-state index in [9.17, 15) is 4.79 Å². The zero-order chi connectivity index (χ0) is 6.69. The average molecular weight is 125 g/mol. The van der Waals surface area contributed by atoms with Gasteiger partial charge in [0.1, 0.15) is 0 Å². The lowest BCUT2D eigenvalue weighted by Crippen LogP contribution is -2.02. The number of hydrogen-bond acceptors (Lipinski definition) is 2. The fourth-order valence-corrected chi connectivity index (χ4v) is 0.530. The summed E-state index contributed by atoms with van der Waals surface area (Å²) in [7, 11) is 0. The van der Waals surface area contributed by atoms with Crippen molar-refractivity contribution in [3.63, 3.8) is 0 Å². The quantitative estimate of drug-likeness (QED) is 0.531. The zero-order valence-electron chi connectivity index (χ0n) is 5.17. The summed E-state index contributed by atoms with van der Waals surface area (Å²) < 4.78 is 4.63. The van der Waals surface area contributed by atoms with E-state index >= 15 is 0 Å². The largest absolute Gasteiger partial charge is 0.454 e. The van der Waals surface area contributed by atoms with Crippen LogP contribution in [0.4, 0.5) is 0 Å². The number of carbonyl (C=O) groups excluding carboxylic acids is 1. The lowest BCUT2D eigenvalue weighted by atomic mass is 10.4. The van der Waals surface area contributed by atoms with Crippen molar-refractivity contribution in [3.05, 3.63) is 19.3 Å². The molecular weight excluding hydrogens is 116 g/mol. The molecule has 0 aromatic rings. The first-order chi connectivity index (χ1) is 4.34. The molecule has 0 spiro atoms. The van der Waals surface area contributed by atoms with Gasteiger partial charge in [0.2, 0.25) is 0 Å². The monoisotopic (exact) mass is 125 g/mol. The van der Waals surface area contributed by atoms with E-state index in [4.69, 9.17) is 0 Å². The third kappa shape index (κ3) is 1.88. The second-order valence-electron chi connectivity index (χ2n) is 2.08. The Labute approximate surface area is 54.5 Å². The number of rotatable bonds is 3. The third-order valence-corrected chi connectivity index (χ3v) is 1.19. The van der Waals surface area contributed by atoms with E-state index in [1.807, 2.05) is 0 Å². The van der Waals surface area contributed by atoms with Crippen LogP contribution < -0.4 is 0 Å². The highest BCUT2D eigenvalue weighted by atomic mass is 16.5. The van der Waals surface area contributed by atoms with Crippen LogP contribution in [0.5, 0.6) is 0 Å². The van der Waals surface area contributed by atoms with Crippen LogP contribution >= 0.6 is 0 Å². The van der Waals surface area contributed by atoms with Gasteiger partial charge in [-0.15, -0.1) is 0 Å². The molecule has 0 heterocycles. The van der Waals surface area contributed by atoms with E-state index < -0.39 is 0 Å². The second-order valence-corrected chi connectivity index (χ2v) is 2.08. The Morgan fingerprint density at radius 2 is 2.33 bits per heavy atom. The lowest BCUT2D eigenvalue weighted by molar-refractivity contribution is -0.141. The summed E-state index contributed by atoms with van der Waals surface area (Å²) in [4.78, 5) is 10.7. The van der Waals surface area contributed by atoms with Gasteiger partial charge in [0.25, 0.3) is 0 Å². The van der Waals surface area contributed by atoms with E-state index in [-0.39, 0.29) is 11.9 Å². The molecule has 0 amide bonds. The molecule has 0 atom stereocenters. The Balaban J connectivity index is 2.10. The molecule has 0 aromatic carbocycles. The van der Waals surface area contributed by atoms with Gasteiger partial charge in [0, 0.05) is 0 Å². The number of ether oxygens (including phenoxy) is 1. The predicted molar refractivity (Wildman–Crippen MR) is 33.3 cm³/mol. The van der Waals surface area contributed by atoms with Crippen molar-refractivity contribution in [2.75, 3.05) is 0 Å². The summed E-state index contributed by atoms with van der Waals surface area (Å²) in [5.41, 5.74) is 0. The molecule has 1 aliphatic rings. The van der Waals surface area contributed by atoms with Crippen molar-refractivity contribution in [2.45, 2.75) is 12.8 Å². The highest BCUT2D eigenvalue weighted by molar-refractivity contribution is 5.75. The fourth-order valence-electron chi connectivity index (χ4n) is 0.530. The van der Waals surface area contributed by atoms with Gasteiger partial charge in [0.05, 0.1) is 5.92 Å². The molecule has 1 fully saturated rings. The molecule has 0 saturated heterocycles. The van der Waals surface area contributed by atoms with Gasteiger partial charge in [-0.25, -0.2) is 0 Å². The minimum atomic E-state index is -0.116. The van der Waals surface area contributed by atoms with Gasteiger partial charge in [-0.2, -0.15) is 0 Å². The van der Waals surface area contributed by atoms with E-state index in [0.717, 1.165) is 12.8 Å². The first-order valence-electron chi connectivity index (χ1n) is 2.99. The summed E-state index contributed by atoms with van der Waals surface area (Å²) in [5, 5.41) is 0. The summed E-state index contributed by atoms with van der Waals surface area (Å²) in [5.74, 6) is 0.0658. The Hall–Kier alpha value is -0.790. The van der Waals surface area contributed by atoms with Crippen LogP contribution in [0.3, 0.4) is 0 Å². The molecule has 0 N–H and O–H groups in total. The van der Waals surface area contributed by atoms with Gasteiger partial charge in [-0.05, 0) is 18.9 Å². The molecule has 1 aliphatic carbocycles. The molecule has 1 saturated carbocycles. The minimum absolute atomic E-state index is 0.116. The summed E-state index contributed by atoms with van der Waals surface area (Å²) in [6, 6.07) is 0. The van der Waals surface area contributed by atoms with Crippen LogP contribution in [0.25, 0.3) is 0 Å². The minimum Gasteiger partial charge on any atom is -0.454 e. The maximum absolute atomic E-state index is 10.7. The molecule has 0 aliphatic heterocycles. The van der Waals surface area contributed by atoms with Crippen LogP contribution in [0.15, 0.2) is 12.7 Å². The molecule has 2 nitrogen and oxygen atoms in total. The molecule has 1 rings (SSSR count). The fraction of sp³-hybridized carbons (Fsp3) is 0.429. The van der Waals surface area contributed by atoms with Crippen LogP contribution in [0.1, 0.15) is 12.8 Å². The highest BCUT2D eigenvalue weighted by Gasteiger charge is 2.30. The molecule has 49 valence electrons.